The first-order valence-electron chi connectivity index (χ1n) is 10.3. The van der Waals surface area contributed by atoms with Crippen molar-refractivity contribution in [3.8, 4) is 0 Å². The molecule has 2 aromatic carbocycles. The minimum Gasteiger partial charge on any atom is -0.486 e. The predicted molar refractivity (Wildman–Crippen MR) is 114 cm³/mol. The Hall–Kier alpha value is -2.71. The molecule has 0 aromatic heterocycles. The molecule has 0 saturated carbocycles. The van der Waals surface area contributed by atoms with E-state index in [4.69, 9.17) is 9.47 Å². The van der Waals surface area contributed by atoms with Crippen molar-refractivity contribution in [2.45, 2.75) is 25.5 Å². The van der Waals surface area contributed by atoms with Crippen LogP contribution in [0, 0.1) is 5.82 Å². The second-order valence-electron chi connectivity index (χ2n) is 7.60. The number of sulfone groups is 1. The number of carbonyl (C=O) groups is 1. The summed E-state index contributed by atoms with van der Waals surface area (Å²) in [5, 5.41) is 0. The molecule has 0 N–H and O–H groups in total. The van der Waals surface area contributed by atoms with Gasteiger partial charge in [0.15, 0.2) is 9.84 Å². The molecule has 2 aliphatic rings. The number of amides is 1. The Morgan fingerprint density at radius 2 is 1.81 bits per heavy atom. The molecular weight excluding hydrogens is 421 g/mol. The van der Waals surface area contributed by atoms with Gasteiger partial charge in [0.1, 0.15) is 17.3 Å². The maximum Gasteiger partial charge on any atom is 0.290 e. The van der Waals surface area contributed by atoms with Crippen molar-refractivity contribution < 1.29 is 27.1 Å². The molecule has 0 bridgehead atoms. The van der Waals surface area contributed by atoms with E-state index in [0.29, 0.717) is 17.7 Å². The first kappa shape index (κ1) is 21.5. The lowest BCUT2D eigenvalue weighted by Gasteiger charge is -2.29. The van der Waals surface area contributed by atoms with Crippen molar-refractivity contribution in [1.29, 1.82) is 0 Å². The SMILES string of the molecule is O=C(C1=C(c2ccccc2)S(=O)(=O)CCO1)N(Cc1ccccc1F)C[C@H]1CCCO1. The smallest absolute Gasteiger partial charge is 0.290 e. The molecule has 31 heavy (non-hydrogen) atoms. The molecule has 1 saturated heterocycles. The van der Waals surface area contributed by atoms with Crippen LogP contribution in [0.2, 0.25) is 0 Å². The molecule has 1 amide bonds. The number of ether oxygens (including phenoxy) is 2. The largest absolute Gasteiger partial charge is 0.486 e. The number of nitrogens with zero attached hydrogens (tertiary/aromatic N) is 1. The Balaban J connectivity index is 1.74. The van der Waals surface area contributed by atoms with E-state index < -0.39 is 21.6 Å². The van der Waals surface area contributed by atoms with E-state index in [2.05, 4.69) is 0 Å². The highest BCUT2D eigenvalue weighted by Crippen LogP contribution is 2.31. The Morgan fingerprint density at radius 3 is 2.52 bits per heavy atom. The summed E-state index contributed by atoms with van der Waals surface area (Å²) in [4.78, 5) is 14.9. The number of carbonyl (C=O) groups excluding carboxylic acids is 1. The average Bonchev–Trinajstić information content (AvgIpc) is 3.27. The molecular formula is C23H24FNO5S. The molecule has 0 spiro atoms. The normalized spacial score (nSPS) is 20.4. The van der Waals surface area contributed by atoms with Gasteiger partial charge in [-0.2, -0.15) is 0 Å². The lowest BCUT2D eigenvalue weighted by atomic mass is 10.1. The van der Waals surface area contributed by atoms with Crippen LogP contribution in [-0.2, 0) is 30.7 Å². The van der Waals surface area contributed by atoms with Gasteiger partial charge in [-0.05, 0) is 24.5 Å². The van der Waals surface area contributed by atoms with Gasteiger partial charge in [0.2, 0.25) is 5.76 Å². The summed E-state index contributed by atoms with van der Waals surface area (Å²) in [6, 6.07) is 14.7. The third-order valence-corrected chi connectivity index (χ3v) is 7.15. The second kappa shape index (κ2) is 9.20. The third-order valence-electron chi connectivity index (χ3n) is 5.40. The monoisotopic (exact) mass is 445 g/mol. The molecule has 0 unspecified atom stereocenters. The molecule has 2 heterocycles. The fourth-order valence-electron chi connectivity index (χ4n) is 3.85. The molecule has 164 valence electrons. The summed E-state index contributed by atoms with van der Waals surface area (Å²) in [6.07, 6.45) is 1.48. The molecule has 8 heteroatoms. The maximum atomic E-state index is 14.3. The highest BCUT2D eigenvalue weighted by atomic mass is 32.2. The minimum atomic E-state index is -3.71. The van der Waals surface area contributed by atoms with Gasteiger partial charge >= 0.3 is 0 Å². The summed E-state index contributed by atoms with van der Waals surface area (Å²) in [5.74, 6) is -1.43. The molecule has 1 atom stereocenters. The number of halogens is 1. The topological polar surface area (TPSA) is 72.9 Å². The molecule has 2 aromatic rings. The van der Waals surface area contributed by atoms with Crippen LogP contribution >= 0.6 is 0 Å². The second-order valence-corrected chi connectivity index (χ2v) is 9.65. The molecule has 4 rings (SSSR count). The van der Waals surface area contributed by atoms with Crippen molar-refractivity contribution in [3.05, 3.63) is 77.3 Å². The van der Waals surface area contributed by atoms with Gasteiger partial charge in [-0.15, -0.1) is 0 Å². The van der Waals surface area contributed by atoms with Crippen molar-refractivity contribution in [2.75, 3.05) is 25.5 Å². The zero-order valence-electron chi connectivity index (χ0n) is 17.0. The van der Waals surface area contributed by atoms with E-state index in [1.165, 1.54) is 11.0 Å². The van der Waals surface area contributed by atoms with Gasteiger partial charge in [0, 0.05) is 25.3 Å². The summed E-state index contributed by atoms with van der Waals surface area (Å²) < 4.78 is 51.4. The summed E-state index contributed by atoms with van der Waals surface area (Å²) in [5.41, 5.74) is 0.739. The Labute approximate surface area is 181 Å². The van der Waals surface area contributed by atoms with E-state index in [1.807, 2.05) is 0 Å². The first-order valence-corrected chi connectivity index (χ1v) is 11.9. The van der Waals surface area contributed by atoms with Crippen LogP contribution in [-0.4, -0.2) is 50.8 Å². The van der Waals surface area contributed by atoms with Crippen LogP contribution in [0.3, 0.4) is 0 Å². The fraction of sp³-hybridized carbons (Fsp3) is 0.348. The van der Waals surface area contributed by atoms with E-state index >= 15 is 0 Å². The molecule has 1 fully saturated rings. The van der Waals surface area contributed by atoms with E-state index in [9.17, 15) is 17.6 Å². The first-order chi connectivity index (χ1) is 15.0. The molecule has 0 aliphatic carbocycles. The van der Waals surface area contributed by atoms with Crippen LogP contribution in [0.1, 0.15) is 24.0 Å². The zero-order chi connectivity index (χ0) is 21.8. The van der Waals surface area contributed by atoms with Crippen LogP contribution in [0.15, 0.2) is 60.4 Å². The molecule has 0 radical (unpaired) electrons. The third kappa shape index (κ3) is 4.80. The van der Waals surface area contributed by atoms with Gasteiger partial charge in [-0.3, -0.25) is 4.79 Å². The quantitative estimate of drug-likeness (QED) is 0.683. The number of hydrogen-bond acceptors (Lipinski definition) is 5. The van der Waals surface area contributed by atoms with Crippen LogP contribution in [0.4, 0.5) is 4.39 Å². The summed E-state index contributed by atoms with van der Waals surface area (Å²) >= 11 is 0. The van der Waals surface area contributed by atoms with Crippen molar-refractivity contribution >= 4 is 20.6 Å². The van der Waals surface area contributed by atoms with E-state index in [-0.39, 0.29) is 42.2 Å². The van der Waals surface area contributed by atoms with Crippen LogP contribution in [0.25, 0.3) is 4.91 Å². The molecule has 2 aliphatic heterocycles. The van der Waals surface area contributed by atoms with Gasteiger partial charge in [-0.25, -0.2) is 12.8 Å². The van der Waals surface area contributed by atoms with E-state index in [0.717, 1.165) is 12.8 Å². The number of rotatable bonds is 6. The van der Waals surface area contributed by atoms with Gasteiger partial charge in [-0.1, -0.05) is 48.5 Å². The minimum absolute atomic E-state index is 0.0135. The van der Waals surface area contributed by atoms with Gasteiger partial charge in [0.25, 0.3) is 5.91 Å². The number of benzene rings is 2. The summed E-state index contributed by atoms with van der Waals surface area (Å²) in [7, 11) is -3.71. The Bertz CT molecular complexity index is 1080. The fourth-order valence-corrected chi connectivity index (χ4v) is 5.28. The molecule has 6 nitrogen and oxygen atoms in total. The van der Waals surface area contributed by atoms with Gasteiger partial charge < -0.3 is 14.4 Å². The predicted octanol–water partition coefficient (Wildman–Crippen LogP) is 3.15. The standard InChI is InChI=1S/C23H24FNO5S/c24-20-11-5-4-9-18(20)15-25(16-19-10-6-12-29-19)23(26)21-22(17-7-2-1-3-8-17)31(27,28)14-13-30-21/h1-5,7-9,11,19H,6,10,12-16H2/t19-/m1/s1. The Kier molecular flexibility index (Phi) is 6.38. The average molecular weight is 446 g/mol. The van der Waals surface area contributed by atoms with Crippen molar-refractivity contribution in [3.63, 3.8) is 0 Å². The van der Waals surface area contributed by atoms with Crippen molar-refractivity contribution in [1.82, 2.24) is 4.90 Å². The van der Waals surface area contributed by atoms with Crippen LogP contribution in [0.5, 0.6) is 0 Å². The van der Waals surface area contributed by atoms with E-state index in [1.54, 1.807) is 48.5 Å². The van der Waals surface area contributed by atoms with Crippen LogP contribution < -0.4 is 0 Å². The lowest BCUT2D eigenvalue weighted by molar-refractivity contribution is -0.133. The van der Waals surface area contributed by atoms with Gasteiger partial charge in [0.05, 0.1) is 11.9 Å². The summed E-state index contributed by atoms with van der Waals surface area (Å²) in [6.45, 7) is 0.713. The maximum absolute atomic E-state index is 14.3. The highest BCUT2D eigenvalue weighted by molar-refractivity contribution is 8.00. The zero-order valence-corrected chi connectivity index (χ0v) is 17.8. The number of hydrogen-bond donors (Lipinski definition) is 0. The lowest BCUT2D eigenvalue weighted by Crippen LogP contribution is -2.40. The Morgan fingerprint density at radius 1 is 1.06 bits per heavy atom. The van der Waals surface area contributed by atoms with Crippen molar-refractivity contribution in [2.24, 2.45) is 0 Å². The highest BCUT2D eigenvalue weighted by Gasteiger charge is 2.36.